The number of thiol groups is 1. The summed E-state index contributed by atoms with van der Waals surface area (Å²) in [6.45, 7) is 0. The van der Waals surface area contributed by atoms with Crippen LogP contribution in [0.5, 0.6) is 0 Å². The van der Waals surface area contributed by atoms with Crippen LogP contribution in [0.15, 0.2) is 0 Å². The number of amides is 4. The number of carbonyl (C=O) groups is 6. The maximum absolute atomic E-state index is 12.6. The van der Waals surface area contributed by atoms with E-state index in [9.17, 15) is 28.8 Å². The third-order valence-corrected chi connectivity index (χ3v) is 4.85. The van der Waals surface area contributed by atoms with E-state index in [2.05, 4.69) is 23.3 Å². The molecule has 31 heavy (non-hydrogen) atoms. The topological polar surface area (TPSA) is 231 Å². The molecule has 176 valence electrons. The highest BCUT2D eigenvalue weighted by Crippen LogP contribution is 2.04. The normalized spacial score (nSPS) is 14.4. The molecule has 4 unspecified atom stereocenters. The zero-order valence-corrected chi connectivity index (χ0v) is 18.4. The third-order valence-electron chi connectivity index (χ3n) is 3.81. The maximum Gasteiger partial charge on any atom is 0.326 e. The highest BCUT2D eigenvalue weighted by Gasteiger charge is 2.31. The Balaban J connectivity index is 5.45. The van der Waals surface area contributed by atoms with Crippen molar-refractivity contribution in [3.8, 4) is 0 Å². The largest absolute Gasteiger partial charge is 0.481 e. The van der Waals surface area contributed by atoms with Gasteiger partial charge >= 0.3 is 11.9 Å². The van der Waals surface area contributed by atoms with E-state index >= 15 is 0 Å². The maximum atomic E-state index is 12.6. The standard InChI is InChI=1S/C16H27N5O8S2/c1-31-3-2-8(19-13(25)7(17)6-30)14(26)20-9(5-12(23)24)15(27)21-10(16(28)29)4-11(18)22/h7-10,30H,2-6,17H2,1H3,(H2,18,22)(H,19,25)(H,20,26)(H,21,27)(H,23,24)(H,28,29). The van der Waals surface area contributed by atoms with Crippen LogP contribution in [0.2, 0.25) is 0 Å². The van der Waals surface area contributed by atoms with Crippen molar-refractivity contribution < 1.29 is 39.0 Å². The molecule has 0 aromatic rings. The van der Waals surface area contributed by atoms with Gasteiger partial charge in [0.25, 0.3) is 0 Å². The zero-order valence-electron chi connectivity index (χ0n) is 16.7. The van der Waals surface area contributed by atoms with Gasteiger partial charge in [-0.2, -0.15) is 24.4 Å². The van der Waals surface area contributed by atoms with E-state index in [0.717, 1.165) is 0 Å². The fraction of sp³-hybridized carbons (Fsp3) is 0.625. The minimum atomic E-state index is -1.71. The van der Waals surface area contributed by atoms with Gasteiger partial charge in [-0.1, -0.05) is 0 Å². The molecule has 0 fully saturated rings. The minimum absolute atomic E-state index is 0.0170. The molecule has 4 atom stereocenters. The monoisotopic (exact) mass is 481 g/mol. The number of carboxylic acid groups (broad SMARTS) is 2. The summed E-state index contributed by atoms with van der Waals surface area (Å²) in [5, 5.41) is 24.7. The van der Waals surface area contributed by atoms with Crippen molar-refractivity contribution >= 4 is 60.0 Å². The summed E-state index contributed by atoms with van der Waals surface area (Å²) in [6.07, 6.45) is 0.309. The van der Waals surface area contributed by atoms with Crippen molar-refractivity contribution in [1.82, 2.24) is 16.0 Å². The van der Waals surface area contributed by atoms with E-state index in [1.165, 1.54) is 11.8 Å². The molecule has 0 spiro atoms. The van der Waals surface area contributed by atoms with Crippen molar-refractivity contribution in [1.29, 1.82) is 0 Å². The highest BCUT2D eigenvalue weighted by atomic mass is 32.2. The lowest BCUT2D eigenvalue weighted by molar-refractivity contribution is -0.144. The van der Waals surface area contributed by atoms with E-state index in [1.807, 2.05) is 5.32 Å². The predicted octanol–water partition coefficient (Wildman–Crippen LogP) is -3.11. The Hall–Kier alpha value is -2.52. The summed E-state index contributed by atoms with van der Waals surface area (Å²) in [4.78, 5) is 70.3. The first-order valence-electron chi connectivity index (χ1n) is 8.92. The molecule has 4 amide bonds. The van der Waals surface area contributed by atoms with Gasteiger partial charge in [-0.05, 0) is 18.4 Å². The number of rotatable bonds is 15. The Bertz CT molecular complexity index is 693. The number of nitrogens with one attached hydrogen (secondary N) is 3. The molecule has 0 bridgehead atoms. The summed E-state index contributed by atoms with van der Waals surface area (Å²) in [6, 6.07) is -5.50. The fourth-order valence-electron chi connectivity index (χ4n) is 2.20. The van der Waals surface area contributed by atoms with E-state index in [-0.39, 0.29) is 12.2 Å². The molecule has 13 nitrogen and oxygen atoms in total. The fourth-order valence-corrected chi connectivity index (χ4v) is 2.83. The average Bonchev–Trinajstić information content (AvgIpc) is 2.68. The highest BCUT2D eigenvalue weighted by molar-refractivity contribution is 7.98. The number of primary amides is 1. The molecular weight excluding hydrogens is 454 g/mol. The summed E-state index contributed by atoms with van der Waals surface area (Å²) in [5.41, 5.74) is 10.5. The lowest BCUT2D eigenvalue weighted by Crippen LogP contribution is -2.58. The van der Waals surface area contributed by atoms with Crippen LogP contribution in [-0.2, 0) is 28.8 Å². The molecule has 9 N–H and O–H groups in total. The quantitative estimate of drug-likeness (QED) is 0.110. The number of carbonyl (C=O) groups excluding carboxylic acids is 4. The van der Waals surface area contributed by atoms with Gasteiger partial charge < -0.3 is 37.6 Å². The first-order valence-corrected chi connectivity index (χ1v) is 10.9. The molecule has 0 rings (SSSR count). The second-order valence-electron chi connectivity index (χ2n) is 6.36. The van der Waals surface area contributed by atoms with Crippen LogP contribution >= 0.6 is 24.4 Å². The van der Waals surface area contributed by atoms with Crippen molar-refractivity contribution in [2.75, 3.05) is 17.8 Å². The van der Waals surface area contributed by atoms with E-state index < -0.39 is 72.6 Å². The van der Waals surface area contributed by atoms with Gasteiger partial charge in [0, 0.05) is 5.75 Å². The average molecular weight is 482 g/mol. The Morgan fingerprint density at radius 2 is 1.42 bits per heavy atom. The molecule has 0 aliphatic heterocycles. The van der Waals surface area contributed by atoms with Crippen LogP contribution in [0, 0.1) is 0 Å². The third kappa shape index (κ3) is 11.4. The van der Waals surface area contributed by atoms with Crippen LogP contribution in [0.25, 0.3) is 0 Å². The van der Waals surface area contributed by atoms with Crippen LogP contribution < -0.4 is 27.4 Å². The van der Waals surface area contributed by atoms with Crippen molar-refractivity contribution in [3.63, 3.8) is 0 Å². The molecule has 0 aliphatic carbocycles. The van der Waals surface area contributed by atoms with Crippen molar-refractivity contribution in [3.05, 3.63) is 0 Å². The Kier molecular flexibility index (Phi) is 13.3. The lowest BCUT2D eigenvalue weighted by Gasteiger charge is -2.24. The molecule has 0 saturated heterocycles. The Labute approximate surface area is 187 Å². The van der Waals surface area contributed by atoms with E-state index in [4.69, 9.17) is 21.7 Å². The molecule has 0 aromatic carbocycles. The summed E-state index contributed by atoms with van der Waals surface area (Å²) in [5.74, 6) is -6.24. The molecule has 0 aliphatic rings. The number of thioether (sulfide) groups is 1. The molecule has 0 aromatic heterocycles. The van der Waals surface area contributed by atoms with Crippen LogP contribution in [0.1, 0.15) is 19.3 Å². The van der Waals surface area contributed by atoms with E-state index in [1.54, 1.807) is 6.26 Å². The zero-order chi connectivity index (χ0) is 24.1. The number of carboxylic acids is 2. The molecule has 0 heterocycles. The number of hydrogen-bond acceptors (Lipinski definition) is 9. The summed E-state index contributed by atoms with van der Waals surface area (Å²) >= 11 is 5.28. The van der Waals surface area contributed by atoms with Crippen LogP contribution in [0.3, 0.4) is 0 Å². The van der Waals surface area contributed by atoms with Crippen molar-refractivity contribution in [2.45, 2.75) is 43.4 Å². The number of hydrogen-bond donors (Lipinski definition) is 8. The lowest BCUT2D eigenvalue weighted by atomic mass is 10.1. The molecular formula is C16H27N5O8S2. The molecule has 0 radical (unpaired) electrons. The molecule has 0 saturated carbocycles. The Morgan fingerprint density at radius 1 is 0.903 bits per heavy atom. The van der Waals surface area contributed by atoms with Gasteiger partial charge in [-0.3, -0.25) is 24.0 Å². The van der Waals surface area contributed by atoms with Crippen molar-refractivity contribution in [2.24, 2.45) is 11.5 Å². The van der Waals surface area contributed by atoms with Gasteiger partial charge in [-0.25, -0.2) is 4.79 Å². The predicted molar refractivity (Wildman–Crippen MR) is 114 cm³/mol. The first-order chi connectivity index (χ1) is 14.4. The smallest absolute Gasteiger partial charge is 0.326 e. The SMILES string of the molecule is CSCCC(NC(=O)C(N)CS)C(=O)NC(CC(=O)O)C(=O)NC(CC(N)=O)C(=O)O. The first kappa shape index (κ1) is 28.5. The second-order valence-corrected chi connectivity index (χ2v) is 7.71. The second kappa shape index (κ2) is 14.5. The van der Waals surface area contributed by atoms with Crippen LogP contribution in [0.4, 0.5) is 0 Å². The van der Waals surface area contributed by atoms with Gasteiger partial charge in [0.2, 0.25) is 23.6 Å². The van der Waals surface area contributed by atoms with E-state index in [0.29, 0.717) is 5.75 Å². The summed E-state index contributed by atoms with van der Waals surface area (Å²) < 4.78 is 0. The summed E-state index contributed by atoms with van der Waals surface area (Å²) in [7, 11) is 0. The minimum Gasteiger partial charge on any atom is -0.481 e. The van der Waals surface area contributed by atoms with Gasteiger partial charge in [0.05, 0.1) is 18.9 Å². The van der Waals surface area contributed by atoms with Gasteiger partial charge in [-0.15, -0.1) is 0 Å². The number of nitrogens with two attached hydrogens (primary N) is 2. The van der Waals surface area contributed by atoms with Crippen LogP contribution in [-0.4, -0.2) is 87.7 Å². The Morgan fingerprint density at radius 3 is 1.87 bits per heavy atom. The molecule has 15 heteroatoms. The van der Waals surface area contributed by atoms with Gasteiger partial charge in [0.15, 0.2) is 0 Å². The number of aliphatic carboxylic acids is 2. The van der Waals surface area contributed by atoms with Gasteiger partial charge in [0.1, 0.15) is 18.1 Å².